The Balaban J connectivity index is 2.51. The minimum atomic E-state index is -2.08. The zero-order valence-electron chi connectivity index (χ0n) is 8.18. The highest BCUT2D eigenvalue weighted by Crippen LogP contribution is 2.28. The molecule has 1 aliphatic rings. The fourth-order valence-electron chi connectivity index (χ4n) is 1.57. The number of hydrogen-bond acceptors (Lipinski definition) is 3. The maximum absolute atomic E-state index is 11.0. The topological polar surface area (TPSA) is 86.6 Å². The normalized spacial score (nSPS) is 16.0. The van der Waals surface area contributed by atoms with Gasteiger partial charge in [0.2, 0.25) is 0 Å². The van der Waals surface area contributed by atoms with Crippen molar-refractivity contribution in [1.82, 2.24) is 0 Å². The van der Waals surface area contributed by atoms with Crippen LogP contribution in [0.1, 0.15) is 5.56 Å². The van der Waals surface area contributed by atoms with Crippen LogP contribution in [0.2, 0.25) is 0 Å². The largest absolute Gasteiger partial charge is 0.479 e. The summed E-state index contributed by atoms with van der Waals surface area (Å²) < 4.78 is 0. The first-order chi connectivity index (χ1) is 7.56. The third-order valence-corrected chi connectivity index (χ3v) is 2.48. The van der Waals surface area contributed by atoms with E-state index in [1.807, 2.05) is 0 Å². The van der Waals surface area contributed by atoms with E-state index in [2.05, 4.69) is 5.32 Å². The molecule has 82 valence electrons. The highest BCUT2D eigenvalue weighted by molar-refractivity contribution is 6.10. The maximum Gasteiger partial charge on any atom is 0.345 e. The molecule has 5 nitrogen and oxygen atoms in total. The lowest BCUT2D eigenvalue weighted by Gasteiger charge is -2.28. The average molecular weight is 219 g/mol. The Labute approximate surface area is 91.0 Å². The van der Waals surface area contributed by atoms with Crippen molar-refractivity contribution in [3.05, 3.63) is 35.9 Å². The lowest BCUT2D eigenvalue weighted by Crippen LogP contribution is -2.52. The molecule has 1 aromatic rings. The number of fused-ring (bicyclic) bond motifs is 1. The lowest BCUT2D eigenvalue weighted by atomic mass is 9.93. The molecule has 0 unspecified atom stereocenters. The van der Waals surface area contributed by atoms with Crippen LogP contribution in [0.5, 0.6) is 0 Å². The number of aliphatic carboxylic acids is 2. The molecule has 1 aliphatic heterocycles. The van der Waals surface area contributed by atoms with E-state index in [-0.39, 0.29) is 0 Å². The summed E-state index contributed by atoms with van der Waals surface area (Å²) in [5.74, 6) is -2.88. The van der Waals surface area contributed by atoms with Crippen LogP contribution in [0.3, 0.4) is 0 Å². The summed E-state index contributed by atoms with van der Waals surface area (Å²) in [6.07, 6.45) is 2.63. The first-order valence-corrected chi connectivity index (χ1v) is 4.59. The van der Waals surface area contributed by atoms with Crippen molar-refractivity contribution in [2.24, 2.45) is 0 Å². The Kier molecular flexibility index (Phi) is 2.16. The predicted molar refractivity (Wildman–Crippen MR) is 57.1 cm³/mol. The molecule has 0 amide bonds. The number of anilines is 1. The number of benzene rings is 1. The number of nitrogens with one attached hydrogen (secondary N) is 1. The summed E-state index contributed by atoms with van der Waals surface area (Å²) in [5.41, 5.74) is -0.815. The summed E-state index contributed by atoms with van der Waals surface area (Å²) in [4.78, 5) is 22.1. The summed E-state index contributed by atoms with van der Waals surface area (Å²) in [5, 5.41) is 20.5. The highest BCUT2D eigenvalue weighted by atomic mass is 16.4. The van der Waals surface area contributed by atoms with Gasteiger partial charge in [-0.2, -0.15) is 0 Å². The maximum atomic E-state index is 11.0. The molecule has 0 radical (unpaired) electrons. The Morgan fingerprint density at radius 1 is 1.12 bits per heavy atom. The number of carboxylic acid groups (broad SMARTS) is 2. The summed E-state index contributed by atoms with van der Waals surface area (Å²) in [6.45, 7) is 0. The number of carbonyl (C=O) groups is 2. The first-order valence-electron chi connectivity index (χ1n) is 4.59. The van der Waals surface area contributed by atoms with Crippen LogP contribution < -0.4 is 5.32 Å². The van der Waals surface area contributed by atoms with E-state index in [1.54, 1.807) is 24.3 Å². The van der Waals surface area contributed by atoms with Gasteiger partial charge in [-0.25, -0.2) is 9.59 Å². The summed E-state index contributed by atoms with van der Waals surface area (Å²) >= 11 is 0. The van der Waals surface area contributed by atoms with Crippen molar-refractivity contribution in [1.29, 1.82) is 0 Å². The third kappa shape index (κ3) is 1.33. The van der Waals surface area contributed by atoms with Crippen molar-refractivity contribution in [3.8, 4) is 0 Å². The van der Waals surface area contributed by atoms with Gasteiger partial charge < -0.3 is 15.5 Å². The Hall–Kier alpha value is -2.30. The minimum Gasteiger partial charge on any atom is -0.479 e. The second-order valence-corrected chi connectivity index (χ2v) is 3.46. The van der Waals surface area contributed by atoms with E-state index in [9.17, 15) is 9.59 Å². The Morgan fingerprint density at radius 2 is 1.75 bits per heavy atom. The molecule has 0 aromatic heterocycles. The van der Waals surface area contributed by atoms with Crippen LogP contribution in [0.15, 0.2) is 30.3 Å². The van der Waals surface area contributed by atoms with Gasteiger partial charge in [0.25, 0.3) is 5.54 Å². The number of rotatable bonds is 2. The van der Waals surface area contributed by atoms with E-state index >= 15 is 0 Å². The van der Waals surface area contributed by atoms with Gasteiger partial charge in [-0.3, -0.25) is 0 Å². The number of carboxylic acids is 2. The van der Waals surface area contributed by atoms with Gasteiger partial charge in [-0.15, -0.1) is 0 Å². The minimum absolute atomic E-state index is 0.495. The van der Waals surface area contributed by atoms with Crippen LogP contribution >= 0.6 is 0 Å². The zero-order chi connectivity index (χ0) is 11.8. The number of hydrogen-bond donors (Lipinski definition) is 3. The highest BCUT2D eigenvalue weighted by Gasteiger charge is 2.46. The van der Waals surface area contributed by atoms with Crippen LogP contribution in [0, 0.1) is 0 Å². The quantitative estimate of drug-likeness (QED) is 0.647. The smallest absolute Gasteiger partial charge is 0.345 e. The van der Waals surface area contributed by atoms with Crippen LogP contribution in [0.25, 0.3) is 6.08 Å². The molecule has 1 heterocycles. The summed E-state index contributed by atoms with van der Waals surface area (Å²) in [6, 6.07) is 6.91. The Bertz CT molecular complexity index is 479. The van der Waals surface area contributed by atoms with Gasteiger partial charge in [-0.05, 0) is 17.7 Å². The van der Waals surface area contributed by atoms with E-state index < -0.39 is 17.5 Å². The molecule has 16 heavy (non-hydrogen) atoms. The predicted octanol–water partition coefficient (Wildman–Crippen LogP) is 1.03. The summed E-state index contributed by atoms with van der Waals surface area (Å²) in [7, 11) is 0. The van der Waals surface area contributed by atoms with E-state index in [1.165, 1.54) is 6.08 Å². The third-order valence-electron chi connectivity index (χ3n) is 2.48. The fraction of sp³-hybridized carbons (Fsp3) is 0.0909. The molecule has 0 atom stereocenters. The van der Waals surface area contributed by atoms with E-state index in [4.69, 9.17) is 10.2 Å². The van der Waals surface area contributed by atoms with Crippen molar-refractivity contribution in [2.45, 2.75) is 5.54 Å². The molecule has 0 aliphatic carbocycles. The average Bonchev–Trinajstić information content (AvgIpc) is 2.27. The Morgan fingerprint density at radius 3 is 2.38 bits per heavy atom. The van der Waals surface area contributed by atoms with Crippen LogP contribution in [-0.2, 0) is 9.59 Å². The van der Waals surface area contributed by atoms with Gasteiger partial charge in [0.15, 0.2) is 0 Å². The molecule has 0 spiro atoms. The van der Waals surface area contributed by atoms with Crippen LogP contribution in [-0.4, -0.2) is 27.7 Å². The standard InChI is InChI=1S/C11H9NO4/c13-9(14)11(10(15)16)6-5-7-3-1-2-4-8(7)12-11/h1-6,12H,(H,13,14)(H,15,16). The van der Waals surface area contributed by atoms with E-state index in [0.717, 1.165) is 11.6 Å². The van der Waals surface area contributed by atoms with Gasteiger partial charge in [-0.1, -0.05) is 24.3 Å². The van der Waals surface area contributed by atoms with Gasteiger partial charge >= 0.3 is 11.9 Å². The first kappa shape index (κ1) is 10.2. The molecular weight excluding hydrogens is 210 g/mol. The van der Waals surface area contributed by atoms with Crippen LogP contribution in [0.4, 0.5) is 5.69 Å². The molecule has 0 bridgehead atoms. The number of para-hydroxylation sites is 1. The van der Waals surface area contributed by atoms with Gasteiger partial charge in [0.1, 0.15) is 0 Å². The molecule has 0 fully saturated rings. The second kappa shape index (κ2) is 3.37. The van der Waals surface area contributed by atoms with Crippen molar-refractivity contribution in [3.63, 3.8) is 0 Å². The second-order valence-electron chi connectivity index (χ2n) is 3.46. The molecular formula is C11H9NO4. The zero-order valence-corrected chi connectivity index (χ0v) is 8.18. The van der Waals surface area contributed by atoms with Crippen molar-refractivity contribution in [2.75, 3.05) is 5.32 Å². The lowest BCUT2D eigenvalue weighted by molar-refractivity contribution is -0.152. The monoisotopic (exact) mass is 219 g/mol. The molecule has 5 heteroatoms. The molecule has 3 N–H and O–H groups in total. The molecule has 1 aromatic carbocycles. The van der Waals surface area contributed by atoms with Gasteiger partial charge in [0, 0.05) is 5.69 Å². The van der Waals surface area contributed by atoms with Gasteiger partial charge in [0.05, 0.1) is 0 Å². The molecule has 0 saturated heterocycles. The van der Waals surface area contributed by atoms with Crippen molar-refractivity contribution >= 4 is 23.7 Å². The SMILES string of the molecule is O=C(O)C1(C(=O)O)C=Cc2ccccc2N1. The molecule has 2 rings (SSSR count). The molecule has 0 saturated carbocycles. The van der Waals surface area contributed by atoms with E-state index in [0.29, 0.717) is 5.69 Å². The fourth-order valence-corrected chi connectivity index (χ4v) is 1.57. The van der Waals surface area contributed by atoms with Crippen molar-refractivity contribution < 1.29 is 19.8 Å².